The minimum absolute atomic E-state index is 0.102. The molecule has 1 aromatic carbocycles. The summed E-state index contributed by atoms with van der Waals surface area (Å²) >= 11 is 0. The molecule has 2 heterocycles. The fourth-order valence-corrected chi connectivity index (χ4v) is 3.25. The van der Waals surface area contributed by atoms with Gasteiger partial charge < -0.3 is 9.80 Å². The Morgan fingerprint density at radius 3 is 2.45 bits per heavy atom. The van der Waals surface area contributed by atoms with Crippen molar-refractivity contribution in [3.63, 3.8) is 0 Å². The minimum Gasteiger partial charge on any atom is -0.371 e. The van der Waals surface area contributed by atoms with E-state index in [0.29, 0.717) is 19.0 Å². The molecular weight excluding hydrogens is 250 g/mol. The first-order chi connectivity index (χ1) is 9.78. The lowest BCUT2D eigenvalue weighted by atomic mass is 10.0. The van der Waals surface area contributed by atoms with Crippen molar-refractivity contribution in [3.8, 4) is 6.07 Å². The predicted octanol–water partition coefficient (Wildman–Crippen LogP) is 2.03. The molecule has 2 aliphatic rings. The van der Waals surface area contributed by atoms with Gasteiger partial charge in [0.25, 0.3) is 0 Å². The van der Waals surface area contributed by atoms with E-state index in [0.717, 1.165) is 25.9 Å². The van der Waals surface area contributed by atoms with Gasteiger partial charge in [-0.15, -0.1) is 0 Å². The molecule has 0 bridgehead atoms. The molecule has 1 atom stereocenters. The highest BCUT2D eigenvalue weighted by Gasteiger charge is 2.35. The van der Waals surface area contributed by atoms with E-state index in [4.69, 9.17) is 5.26 Å². The molecule has 0 aromatic heterocycles. The average Bonchev–Trinajstić information content (AvgIpc) is 2.89. The third kappa shape index (κ3) is 2.49. The fourth-order valence-electron chi connectivity index (χ4n) is 3.25. The molecule has 3 rings (SSSR count). The summed E-state index contributed by atoms with van der Waals surface area (Å²) in [5, 5.41) is 8.95. The van der Waals surface area contributed by atoms with E-state index in [2.05, 4.69) is 35.2 Å². The van der Waals surface area contributed by atoms with E-state index >= 15 is 0 Å². The molecule has 0 aliphatic carbocycles. The molecule has 0 radical (unpaired) electrons. The Kier molecular flexibility index (Phi) is 3.60. The molecule has 104 valence electrons. The minimum atomic E-state index is -0.102. The molecule has 4 heteroatoms. The number of hydrogen-bond donors (Lipinski definition) is 0. The zero-order chi connectivity index (χ0) is 13.9. The number of piperidine rings is 1. The first kappa shape index (κ1) is 13.0. The van der Waals surface area contributed by atoms with Crippen LogP contribution in [0.1, 0.15) is 19.3 Å². The van der Waals surface area contributed by atoms with Crippen LogP contribution in [0.4, 0.5) is 5.69 Å². The summed E-state index contributed by atoms with van der Waals surface area (Å²) in [6.45, 7) is 2.59. The van der Waals surface area contributed by atoms with E-state index in [1.54, 1.807) is 0 Å². The zero-order valence-electron chi connectivity index (χ0n) is 11.5. The van der Waals surface area contributed by atoms with Gasteiger partial charge in [0.1, 0.15) is 0 Å². The molecule has 1 unspecified atom stereocenters. The van der Waals surface area contributed by atoms with Crippen LogP contribution >= 0.6 is 0 Å². The van der Waals surface area contributed by atoms with Crippen LogP contribution in [0.5, 0.6) is 0 Å². The summed E-state index contributed by atoms with van der Waals surface area (Å²) in [6.07, 6.45) is 2.41. The van der Waals surface area contributed by atoms with Gasteiger partial charge in [0.15, 0.2) is 0 Å². The SMILES string of the molecule is N#CC1CC(=O)N(C2CCN(c3ccccc3)CC2)C1. The molecule has 2 saturated heterocycles. The van der Waals surface area contributed by atoms with E-state index < -0.39 is 0 Å². The Balaban J connectivity index is 1.59. The number of benzene rings is 1. The fraction of sp³-hybridized carbons (Fsp3) is 0.500. The van der Waals surface area contributed by atoms with Gasteiger partial charge in [0, 0.05) is 37.8 Å². The van der Waals surface area contributed by atoms with Crippen LogP contribution in [0.2, 0.25) is 0 Å². The van der Waals surface area contributed by atoms with E-state index in [-0.39, 0.29) is 11.8 Å². The second kappa shape index (κ2) is 5.54. The van der Waals surface area contributed by atoms with Crippen LogP contribution in [-0.4, -0.2) is 36.5 Å². The second-order valence-corrected chi connectivity index (χ2v) is 5.63. The molecule has 0 saturated carbocycles. The largest absolute Gasteiger partial charge is 0.371 e. The maximum atomic E-state index is 12.0. The summed E-state index contributed by atoms with van der Waals surface area (Å²) in [5.41, 5.74) is 1.26. The van der Waals surface area contributed by atoms with Gasteiger partial charge in [0.05, 0.1) is 12.0 Å². The lowest BCUT2D eigenvalue weighted by molar-refractivity contribution is -0.130. The van der Waals surface area contributed by atoms with Gasteiger partial charge in [-0.2, -0.15) is 5.26 Å². The summed E-state index contributed by atoms with van der Waals surface area (Å²) in [4.78, 5) is 16.3. The lowest BCUT2D eigenvalue weighted by Gasteiger charge is -2.37. The van der Waals surface area contributed by atoms with Crippen molar-refractivity contribution >= 4 is 11.6 Å². The van der Waals surface area contributed by atoms with E-state index in [9.17, 15) is 4.79 Å². The van der Waals surface area contributed by atoms with Crippen LogP contribution in [0.3, 0.4) is 0 Å². The zero-order valence-corrected chi connectivity index (χ0v) is 11.5. The number of carbonyl (C=O) groups is 1. The third-order valence-corrected chi connectivity index (χ3v) is 4.37. The first-order valence-corrected chi connectivity index (χ1v) is 7.27. The lowest BCUT2D eigenvalue weighted by Crippen LogP contribution is -2.45. The summed E-state index contributed by atoms with van der Waals surface area (Å²) < 4.78 is 0. The molecule has 2 aliphatic heterocycles. The van der Waals surface area contributed by atoms with Crippen molar-refractivity contribution in [3.05, 3.63) is 30.3 Å². The molecule has 0 N–H and O–H groups in total. The molecular formula is C16H19N3O. The molecule has 1 aromatic rings. The standard InChI is InChI=1S/C16H19N3O/c17-11-13-10-16(20)19(12-13)15-6-8-18(9-7-15)14-4-2-1-3-5-14/h1-5,13,15H,6-10,12H2. The Labute approximate surface area is 119 Å². The molecule has 1 amide bonds. The quantitative estimate of drug-likeness (QED) is 0.825. The van der Waals surface area contributed by atoms with Crippen molar-refractivity contribution in [2.75, 3.05) is 24.5 Å². The Hall–Kier alpha value is -2.02. The summed E-state index contributed by atoms with van der Waals surface area (Å²) in [7, 11) is 0. The predicted molar refractivity (Wildman–Crippen MR) is 77.1 cm³/mol. The number of nitriles is 1. The molecule has 20 heavy (non-hydrogen) atoms. The number of likely N-dealkylation sites (tertiary alicyclic amines) is 1. The highest BCUT2D eigenvalue weighted by Crippen LogP contribution is 2.27. The van der Waals surface area contributed by atoms with Crippen LogP contribution in [0.25, 0.3) is 0 Å². The van der Waals surface area contributed by atoms with Crippen LogP contribution in [-0.2, 0) is 4.79 Å². The molecule has 4 nitrogen and oxygen atoms in total. The third-order valence-electron chi connectivity index (χ3n) is 4.37. The first-order valence-electron chi connectivity index (χ1n) is 7.27. The number of amides is 1. The number of nitrogens with zero attached hydrogens (tertiary/aromatic N) is 3. The second-order valence-electron chi connectivity index (χ2n) is 5.63. The monoisotopic (exact) mass is 269 g/mol. The Morgan fingerprint density at radius 1 is 1.15 bits per heavy atom. The van der Waals surface area contributed by atoms with Crippen molar-refractivity contribution in [2.24, 2.45) is 5.92 Å². The van der Waals surface area contributed by atoms with Crippen LogP contribution in [0, 0.1) is 17.2 Å². The van der Waals surface area contributed by atoms with E-state index in [1.807, 2.05) is 11.0 Å². The van der Waals surface area contributed by atoms with Gasteiger partial charge in [0.2, 0.25) is 5.91 Å². The smallest absolute Gasteiger partial charge is 0.224 e. The van der Waals surface area contributed by atoms with Gasteiger partial charge >= 0.3 is 0 Å². The van der Waals surface area contributed by atoms with Crippen LogP contribution in [0.15, 0.2) is 30.3 Å². The van der Waals surface area contributed by atoms with E-state index in [1.165, 1.54) is 5.69 Å². The number of hydrogen-bond acceptors (Lipinski definition) is 3. The Bertz CT molecular complexity index is 514. The van der Waals surface area contributed by atoms with Crippen LogP contribution < -0.4 is 4.90 Å². The van der Waals surface area contributed by atoms with Crippen molar-refractivity contribution < 1.29 is 4.79 Å². The normalized spacial score (nSPS) is 23.9. The van der Waals surface area contributed by atoms with Gasteiger partial charge in [-0.1, -0.05) is 18.2 Å². The van der Waals surface area contributed by atoms with Gasteiger partial charge in [-0.05, 0) is 25.0 Å². The number of anilines is 1. The topological polar surface area (TPSA) is 47.3 Å². The highest BCUT2D eigenvalue weighted by atomic mass is 16.2. The molecule has 0 spiro atoms. The van der Waals surface area contributed by atoms with Gasteiger partial charge in [-0.3, -0.25) is 4.79 Å². The average molecular weight is 269 g/mol. The summed E-state index contributed by atoms with van der Waals surface area (Å²) in [6, 6.07) is 13.0. The van der Waals surface area contributed by atoms with Crippen molar-refractivity contribution in [2.45, 2.75) is 25.3 Å². The van der Waals surface area contributed by atoms with Crippen molar-refractivity contribution in [1.82, 2.24) is 4.90 Å². The number of rotatable bonds is 2. The maximum absolute atomic E-state index is 12.0. The summed E-state index contributed by atoms with van der Waals surface area (Å²) in [5.74, 6) is 0.0596. The van der Waals surface area contributed by atoms with Gasteiger partial charge in [-0.25, -0.2) is 0 Å². The maximum Gasteiger partial charge on any atom is 0.224 e. The Morgan fingerprint density at radius 2 is 1.85 bits per heavy atom. The number of para-hydroxylation sites is 1. The number of carbonyl (C=O) groups excluding carboxylic acids is 1. The molecule has 2 fully saturated rings. The highest BCUT2D eigenvalue weighted by molar-refractivity contribution is 5.79. The van der Waals surface area contributed by atoms with Crippen molar-refractivity contribution in [1.29, 1.82) is 5.26 Å².